The van der Waals surface area contributed by atoms with Gasteiger partial charge in [0.25, 0.3) is 0 Å². The molecule has 2 N–H and O–H groups in total. The Morgan fingerprint density at radius 2 is 1.73 bits per heavy atom. The number of nitrogens with zero attached hydrogens (tertiary/aromatic N) is 4. The minimum atomic E-state index is -1.07. The first-order chi connectivity index (χ1) is 19.9. The number of urea groups is 1. The van der Waals surface area contributed by atoms with Crippen LogP contribution in [0.5, 0.6) is 0 Å². The summed E-state index contributed by atoms with van der Waals surface area (Å²) in [4.78, 5) is 55.5. The van der Waals surface area contributed by atoms with Crippen molar-refractivity contribution in [3.05, 3.63) is 83.9 Å². The van der Waals surface area contributed by atoms with E-state index < -0.39 is 24.2 Å². The Hall–Kier alpha value is -4.88. The smallest absolute Gasteiger partial charge is 0.334 e. The molecule has 5 rings (SSSR count). The van der Waals surface area contributed by atoms with Crippen LogP contribution in [0.2, 0.25) is 0 Å². The number of carbonyl (C=O) groups excluding carboxylic acids is 3. The second-order valence-corrected chi connectivity index (χ2v) is 10.1. The molecular formula is C31H31N5O5. The molecule has 0 spiro atoms. The summed E-state index contributed by atoms with van der Waals surface area (Å²) in [5, 5.41) is 17.2. The van der Waals surface area contributed by atoms with Crippen molar-refractivity contribution in [1.82, 2.24) is 25.1 Å². The van der Waals surface area contributed by atoms with Crippen molar-refractivity contribution in [2.24, 2.45) is 0 Å². The number of carbonyl (C=O) groups is 4. The highest BCUT2D eigenvalue weighted by atomic mass is 16.4. The summed E-state index contributed by atoms with van der Waals surface area (Å²) in [7, 11) is 0. The van der Waals surface area contributed by atoms with Crippen LogP contribution in [0.4, 0.5) is 4.79 Å². The van der Waals surface area contributed by atoms with Gasteiger partial charge in [-0.05, 0) is 28.3 Å². The normalized spacial score (nSPS) is 19.1. The van der Waals surface area contributed by atoms with E-state index in [1.807, 2.05) is 72.8 Å². The quantitative estimate of drug-likeness (QED) is 0.415. The third-order valence-electron chi connectivity index (χ3n) is 7.47. The zero-order chi connectivity index (χ0) is 28.9. The number of amides is 4. The van der Waals surface area contributed by atoms with Crippen LogP contribution in [-0.2, 0) is 27.5 Å². The maximum Gasteiger partial charge on any atom is 0.334 e. The van der Waals surface area contributed by atoms with Crippen LogP contribution in [0.15, 0.2) is 72.8 Å². The van der Waals surface area contributed by atoms with E-state index in [4.69, 9.17) is 6.42 Å². The number of benzene rings is 3. The van der Waals surface area contributed by atoms with E-state index >= 15 is 0 Å². The maximum atomic E-state index is 13.8. The van der Waals surface area contributed by atoms with Crippen LogP contribution in [0.3, 0.4) is 0 Å². The van der Waals surface area contributed by atoms with Crippen molar-refractivity contribution in [2.45, 2.75) is 38.1 Å². The largest absolute Gasteiger partial charge is 0.481 e. The first-order valence-corrected chi connectivity index (χ1v) is 13.4. The van der Waals surface area contributed by atoms with Crippen molar-refractivity contribution >= 4 is 34.6 Å². The number of piperazine rings is 1. The summed E-state index contributed by atoms with van der Waals surface area (Å²) in [6.07, 6.45) is 4.36. The van der Waals surface area contributed by atoms with Gasteiger partial charge in [-0.25, -0.2) is 9.80 Å². The van der Waals surface area contributed by atoms with Gasteiger partial charge in [-0.3, -0.25) is 14.4 Å². The van der Waals surface area contributed by atoms with Gasteiger partial charge in [0, 0.05) is 19.5 Å². The van der Waals surface area contributed by atoms with Crippen LogP contribution in [0.25, 0.3) is 10.8 Å². The van der Waals surface area contributed by atoms with E-state index in [2.05, 4.69) is 11.2 Å². The number of rotatable bonds is 8. The first-order valence-electron chi connectivity index (χ1n) is 13.4. The van der Waals surface area contributed by atoms with Gasteiger partial charge in [0.15, 0.2) is 0 Å². The van der Waals surface area contributed by atoms with Crippen LogP contribution < -0.4 is 5.32 Å². The average molecular weight is 554 g/mol. The zero-order valence-corrected chi connectivity index (χ0v) is 22.5. The van der Waals surface area contributed by atoms with E-state index in [9.17, 15) is 24.3 Å². The lowest BCUT2D eigenvalue weighted by Crippen LogP contribution is -2.76. The molecule has 10 nitrogen and oxygen atoms in total. The highest BCUT2D eigenvalue weighted by molar-refractivity contribution is 5.92. The van der Waals surface area contributed by atoms with E-state index in [-0.39, 0.29) is 57.4 Å². The van der Waals surface area contributed by atoms with E-state index in [0.29, 0.717) is 0 Å². The number of hydrazine groups is 1. The Kier molecular flexibility index (Phi) is 8.17. The fourth-order valence-corrected chi connectivity index (χ4v) is 5.61. The second-order valence-electron chi connectivity index (χ2n) is 10.1. The molecule has 0 aromatic heterocycles. The number of carboxylic acid groups (broad SMARTS) is 1. The molecule has 2 fully saturated rings. The fraction of sp³-hybridized carbons (Fsp3) is 0.290. The molecule has 2 aliphatic heterocycles. The topological polar surface area (TPSA) is 114 Å². The lowest BCUT2D eigenvalue weighted by molar-refractivity contribution is -0.190. The number of terminal acetylenes is 1. The Labute approximate surface area is 238 Å². The number of nitrogens with one attached hydrogen (secondary N) is 1. The van der Waals surface area contributed by atoms with Crippen LogP contribution in [-0.4, -0.2) is 80.6 Å². The Morgan fingerprint density at radius 3 is 2.49 bits per heavy atom. The standard InChI is InChI=1S/C31H31N5O5/c1-2-17-34-21-28(37)35-26(15-16-29(38)39)30(40)33(19-24-13-8-12-23-11-6-7-14-25(23)24)20-27(35)36(34)31(41)32-18-22-9-4-3-5-10-22/h1,3-14,26-27H,15-21H2,(H,32,41)(H,38,39)/t26-,27-/m0/s1. The Morgan fingerprint density at radius 1 is 1.00 bits per heavy atom. The minimum absolute atomic E-state index is 0.00585. The molecule has 2 aliphatic rings. The number of hydrogen-bond donors (Lipinski definition) is 2. The predicted molar refractivity (Wildman–Crippen MR) is 152 cm³/mol. The second kappa shape index (κ2) is 12.1. The molecule has 4 amide bonds. The molecule has 41 heavy (non-hydrogen) atoms. The van der Waals surface area contributed by atoms with E-state index in [1.165, 1.54) is 14.9 Å². The van der Waals surface area contributed by atoms with E-state index in [0.717, 1.165) is 21.9 Å². The van der Waals surface area contributed by atoms with Gasteiger partial charge in [-0.15, -0.1) is 6.42 Å². The van der Waals surface area contributed by atoms with Crippen molar-refractivity contribution in [3.63, 3.8) is 0 Å². The SMILES string of the molecule is C#CCN1CC(=O)N2[C@@H](CCC(=O)O)C(=O)N(Cc3cccc4ccccc34)C[C@@H]2N1C(=O)NCc1ccccc1. The van der Waals surface area contributed by atoms with Crippen LogP contribution in [0.1, 0.15) is 24.0 Å². The number of carboxylic acids is 1. The van der Waals surface area contributed by atoms with Crippen LogP contribution >= 0.6 is 0 Å². The summed E-state index contributed by atoms with van der Waals surface area (Å²) >= 11 is 0. The lowest BCUT2D eigenvalue weighted by Gasteiger charge is -2.54. The van der Waals surface area contributed by atoms with Gasteiger partial charge in [0.2, 0.25) is 11.8 Å². The third kappa shape index (κ3) is 5.85. The monoisotopic (exact) mass is 553 g/mol. The molecule has 0 aliphatic carbocycles. The van der Waals surface area contributed by atoms with Crippen molar-refractivity contribution in [2.75, 3.05) is 19.6 Å². The molecular weight excluding hydrogens is 522 g/mol. The van der Waals surface area contributed by atoms with Crippen molar-refractivity contribution < 1.29 is 24.3 Å². The van der Waals surface area contributed by atoms with Gasteiger partial charge in [-0.1, -0.05) is 78.7 Å². The first kappa shape index (κ1) is 27.7. The minimum Gasteiger partial charge on any atom is -0.481 e. The molecule has 2 heterocycles. The predicted octanol–water partition coefficient (Wildman–Crippen LogP) is 2.65. The highest BCUT2D eigenvalue weighted by Gasteiger charge is 2.51. The molecule has 0 radical (unpaired) electrons. The highest BCUT2D eigenvalue weighted by Crippen LogP contribution is 2.30. The summed E-state index contributed by atoms with van der Waals surface area (Å²) < 4.78 is 0. The molecule has 3 aromatic carbocycles. The zero-order valence-electron chi connectivity index (χ0n) is 22.5. The Bertz CT molecular complexity index is 1500. The number of hydrogen-bond acceptors (Lipinski definition) is 5. The van der Waals surface area contributed by atoms with Gasteiger partial charge in [0.05, 0.1) is 19.6 Å². The van der Waals surface area contributed by atoms with Gasteiger partial charge in [-0.2, -0.15) is 5.01 Å². The third-order valence-corrected chi connectivity index (χ3v) is 7.47. The lowest BCUT2D eigenvalue weighted by atomic mass is 9.99. The van der Waals surface area contributed by atoms with Gasteiger partial charge >= 0.3 is 12.0 Å². The summed E-state index contributed by atoms with van der Waals surface area (Å²) in [6, 6.07) is 21.6. The van der Waals surface area contributed by atoms with E-state index in [1.54, 1.807) is 4.90 Å². The maximum absolute atomic E-state index is 13.8. The molecule has 2 atom stereocenters. The molecule has 0 bridgehead atoms. The number of fused-ring (bicyclic) bond motifs is 2. The number of aliphatic carboxylic acids is 1. The summed E-state index contributed by atoms with van der Waals surface area (Å²) in [6.45, 7) is 0.321. The van der Waals surface area contributed by atoms with Gasteiger partial charge in [0.1, 0.15) is 12.2 Å². The molecule has 210 valence electrons. The molecule has 2 saturated heterocycles. The van der Waals surface area contributed by atoms with Crippen molar-refractivity contribution in [3.8, 4) is 12.3 Å². The van der Waals surface area contributed by atoms with Gasteiger partial charge < -0.3 is 20.2 Å². The van der Waals surface area contributed by atoms with Crippen LogP contribution in [0, 0.1) is 12.3 Å². The Balaban J connectivity index is 1.49. The van der Waals surface area contributed by atoms with Crippen molar-refractivity contribution in [1.29, 1.82) is 0 Å². The fourth-order valence-electron chi connectivity index (χ4n) is 5.61. The molecule has 10 heteroatoms. The summed E-state index contributed by atoms with van der Waals surface area (Å²) in [5.74, 6) is 0.714. The molecule has 0 unspecified atom stereocenters. The molecule has 0 saturated carbocycles. The molecule has 3 aromatic rings. The average Bonchev–Trinajstić information content (AvgIpc) is 2.97. The summed E-state index contributed by atoms with van der Waals surface area (Å²) in [5.41, 5.74) is 1.80.